The maximum atomic E-state index is 4.87. The fourth-order valence-electron chi connectivity index (χ4n) is 2.62. The van der Waals surface area contributed by atoms with Gasteiger partial charge in [-0.1, -0.05) is 13.0 Å². The van der Waals surface area contributed by atoms with E-state index in [4.69, 9.17) is 4.98 Å². The van der Waals surface area contributed by atoms with Crippen molar-refractivity contribution in [2.75, 3.05) is 6.54 Å². The van der Waals surface area contributed by atoms with Crippen molar-refractivity contribution in [1.82, 2.24) is 15.3 Å². The topological polar surface area (TPSA) is 37.8 Å². The van der Waals surface area contributed by atoms with Crippen LogP contribution in [0.15, 0.2) is 18.3 Å². The fraction of sp³-hybridized carbons (Fsp3) is 0.500. The highest BCUT2D eigenvalue weighted by Gasteiger charge is 2.23. The Morgan fingerprint density at radius 2 is 2.25 bits per heavy atom. The Labute approximate surface area is 124 Å². The predicted molar refractivity (Wildman–Crippen MR) is 83.2 cm³/mol. The first kappa shape index (κ1) is 13.7. The lowest BCUT2D eigenvalue weighted by molar-refractivity contribution is 0.592. The molecule has 2 heterocycles. The minimum absolute atomic E-state index is 0.193. The third kappa shape index (κ3) is 2.76. The highest BCUT2D eigenvalue weighted by molar-refractivity contribution is 7.11. The van der Waals surface area contributed by atoms with Gasteiger partial charge in [0, 0.05) is 16.8 Å². The fourth-order valence-corrected chi connectivity index (χ4v) is 3.88. The summed E-state index contributed by atoms with van der Waals surface area (Å²) >= 11 is 1.88. The molecule has 1 aliphatic carbocycles. The zero-order valence-corrected chi connectivity index (χ0v) is 13.0. The number of nitrogens with zero attached hydrogens (tertiary/aromatic N) is 2. The molecule has 4 heteroatoms. The van der Waals surface area contributed by atoms with Gasteiger partial charge in [-0.25, -0.2) is 4.98 Å². The van der Waals surface area contributed by atoms with Gasteiger partial charge < -0.3 is 5.32 Å². The lowest BCUT2D eigenvalue weighted by Crippen LogP contribution is -2.23. The van der Waals surface area contributed by atoms with E-state index in [1.165, 1.54) is 34.0 Å². The van der Waals surface area contributed by atoms with E-state index in [1.54, 1.807) is 0 Å². The van der Waals surface area contributed by atoms with Crippen molar-refractivity contribution in [3.05, 3.63) is 45.2 Å². The average molecular weight is 287 g/mol. The number of thiazole rings is 1. The van der Waals surface area contributed by atoms with Gasteiger partial charge >= 0.3 is 0 Å². The minimum atomic E-state index is 0.193. The molecular weight excluding hydrogens is 266 g/mol. The largest absolute Gasteiger partial charge is 0.304 e. The molecule has 0 amide bonds. The molecule has 0 radical (unpaired) electrons. The second-order valence-corrected chi connectivity index (χ2v) is 6.51. The molecule has 0 aromatic carbocycles. The average Bonchev–Trinajstić information content (AvgIpc) is 3.02. The first-order valence-electron chi connectivity index (χ1n) is 7.42. The van der Waals surface area contributed by atoms with Crippen LogP contribution in [0.25, 0.3) is 0 Å². The molecule has 106 valence electrons. The molecule has 1 N–H and O–H groups in total. The molecule has 1 atom stereocenters. The molecule has 0 fully saturated rings. The number of nitrogens with one attached hydrogen (secondary N) is 1. The zero-order valence-electron chi connectivity index (χ0n) is 12.1. The maximum Gasteiger partial charge on any atom is 0.115 e. The molecular formula is C16H21N3S. The zero-order chi connectivity index (χ0) is 13.9. The van der Waals surface area contributed by atoms with Gasteiger partial charge in [-0.05, 0) is 50.8 Å². The highest BCUT2D eigenvalue weighted by Crippen LogP contribution is 2.33. The summed E-state index contributed by atoms with van der Waals surface area (Å²) in [6.07, 6.45) is 6.74. The van der Waals surface area contributed by atoms with Crippen LogP contribution in [0.4, 0.5) is 0 Å². The molecule has 2 aromatic heterocycles. The summed E-state index contributed by atoms with van der Waals surface area (Å²) in [7, 11) is 0. The van der Waals surface area contributed by atoms with Gasteiger partial charge in [-0.15, -0.1) is 11.3 Å². The molecule has 3 rings (SSSR count). The monoisotopic (exact) mass is 287 g/mol. The minimum Gasteiger partial charge on any atom is -0.304 e. The maximum absolute atomic E-state index is 4.87. The summed E-state index contributed by atoms with van der Waals surface area (Å²) in [5.41, 5.74) is 3.61. The van der Waals surface area contributed by atoms with E-state index in [-0.39, 0.29) is 6.04 Å². The van der Waals surface area contributed by atoms with E-state index in [1.807, 2.05) is 24.5 Å². The van der Waals surface area contributed by atoms with Crippen LogP contribution in [0.3, 0.4) is 0 Å². The van der Waals surface area contributed by atoms with Crippen molar-refractivity contribution in [3.63, 3.8) is 0 Å². The van der Waals surface area contributed by atoms with E-state index in [2.05, 4.69) is 29.4 Å². The Hall–Kier alpha value is -1.26. The molecule has 3 nitrogen and oxygen atoms in total. The van der Waals surface area contributed by atoms with Crippen molar-refractivity contribution in [2.24, 2.45) is 0 Å². The lowest BCUT2D eigenvalue weighted by atomic mass is 10.1. The Kier molecular flexibility index (Phi) is 4.13. The second-order valence-electron chi connectivity index (χ2n) is 5.40. The first-order valence-corrected chi connectivity index (χ1v) is 8.24. The number of aromatic nitrogens is 2. The Morgan fingerprint density at radius 1 is 1.35 bits per heavy atom. The van der Waals surface area contributed by atoms with Gasteiger partial charge in [0.2, 0.25) is 0 Å². The lowest BCUT2D eigenvalue weighted by Gasteiger charge is -2.16. The number of aryl methyl sites for hydroxylation is 3. The summed E-state index contributed by atoms with van der Waals surface area (Å²) in [5.74, 6) is 0. The normalized spacial score (nSPS) is 15.3. The van der Waals surface area contributed by atoms with Crippen molar-refractivity contribution in [3.8, 4) is 0 Å². The molecule has 1 aliphatic rings. The van der Waals surface area contributed by atoms with Gasteiger partial charge in [0.25, 0.3) is 0 Å². The van der Waals surface area contributed by atoms with E-state index in [0.717, 1.165) is 25.1 Å². The van der Waals surface area contributed by atoms with Crippen molar-refractivity contribution in [2.45, 2.75) is 45.6 Å². The SMILES string of the molecule is CCCNC(c1ccc(C)nc1)c1nc2c(s1)CCC2. The van der Waals surface area contributed by atoms with Crippen molar-refractivity contribution >= 4 is 11.3 Å². The summed E-state index contributed by atoms with van der Waals surface area (Å²) in [5, 5.41) is 4.82. The number of hydrogen-bond donors (Lipinski definition) is 1. The quantitative estimate of drug-likeness (QED) is 0.915. The van der Waals surface area contributed by atoms with E-state index < -0.39 is 0 Å². The van der Waals surface area contributed by atoms with Crippen LogP contribution in [0, 0.1) is 6.92 Å². The molecule has 0 saturated carbocycles. The van der Waals surface area contributed by atoms with Crippen molar-refractivity contribution in [1.29, 1.82) is 0 Å². The van der Waals surface area contributed by atoms with Gasteiger partial charge in [0.15, 0.2) is 0 Å². The summed E-state index contributed by atoms with van der Waals surface area (Å²) in [4.78, 5) is 10.8. The molecule has 0 spiro atoms. The Balaban J connectivity index is 1.90. The Morgan fingerprint density at radius 3 is 2.95 bits per heavy atom. The smallest absolute Gasteiger partial charge is 0.115 e. The molecule has 0 aliphatic heterocycles. The molecule has 0 saturated heterocycles. The summed E-state index contributed by atoms with van der Waals surface area (Å²) < 4.78 is 0. The number of hydrogen-bond acceptors (Lipinski definition) is 4. The number of rotatable bonds is 5. The van der Waals surface area contributed by atoms with Crippen LogP contribution in [0.2, 0.25) is 0 Å². The van der Waals surface area contributed by atoms with Gasteiger partial charge in [0.05, 0.1) is 11.7 Å². The highest BCUT2D eigenvalue weighted by atomic mass is 32.1. The van der Waals surface area contributed by atoms with Crippen LogP contribution in [0.5, 0.6) is 0 Å². The van der Waals surface area contributed by atoms with E-state index in [9.17, 15) is 0 Å². The molecule has 20 heavy (non-hydrogen) atoms. The predicted octanol–water partition coefficient (Wildman–Crippen LogP) is 3.42. The van der Waals surface area contributed by atoms with Crippen molar-refractivity contribution < 1.29 is 0 Å². The van der Waals surface area contributed by atoms with E-state index >= 15 is 0 Å². The standard InChI is InChI=1S/C16H21N3S/c1-3-9-17-15(12-8-7-11(2)18-10-12)16-19-13-5-4-6-14(13)20-16/h7-8,10,15,17H,3-6,9H2,1-2H3. The van der Waals surface area contributed by atoms with Crippen LogP contribution < -0.4 is 5.32 Å². The second kappa shape index (κ2) is 6.02. The van der Waals surface area contributed by atoms with Gasteiger partial charge in [-0.3, -0.25) is 4.98 Å². The van der Waals surface area contributed by atoms with Crippen LogP contribution in [-0.2, 0) is 12.8 Å². The van der Waals surface area contributed by atoms with Crippen LogP contribution in [0.1, 0.15) is 52.6 Å². The van der Waals surface area contributed by atoms with Gasteiger partial charge in [-0.2, -0.15) is 0 Å². The van der Waals surface area contributed by atoms with Gasteiger partial charge in [0.1, 0.15) is 5.01 Å². The van der Waals surface area contributed by atoms with Crippen LogP contribution >= 0.6 is 11.3 Å². The molecule has 1 unspecified atom stereocenters. The molecule has 0 bridgehead atoms. The molecule has 2 aromatic rings. The third-order valence-electron chi connectivity index (χ3n) is 3.73. The van der Waals surface area contributed by atoms with E-state index in [0.29, 0.717) is 0 Å². The Bertz CT molecular complexity index is 552. The number of fused-ring (bicyclic) bond motifs is 1. The van der Waals surface area contributed by atoms with Crippen LogP contribution in [-0.4, -0.2) is 16.5 Å². The number of pyridine rings is 1. The third-order valence-corrected chi connectivity index (χ3v) is 4.95. The summed E-state index contributed by atoms with van der Waals surface area (Å²) in [6.45, 7) is 5.22. The first-order chi connectivity index (χ1) is 9.78. The summed E-state index contributed by atoms with van der Waals surface area (Å²) in [6, 6.07) is 4.44.